The third-order valence-electron chi connectivity index (χ3n) is 0.824. The SMILES string of the molecule is C#CCOC(=O)C(N)C=C. The van der Waals surface area contributed by atoms with Crippen molar-refractivity contribution in [2.75, 3.05) is 6.61 Å². The molecule has 0 amide bonds. The number of hydrogen-bond acceptors (Lipinski definition) is 3. The monoisotopic (exact) mass is 139 g/mol. The molecule has 0 aromatic carbocycles. The zero-order chi connectivity index (χ0) is 7.98. The summed E-state index contributed by atoms with van der Waals surface area (Å²) in [7, 11) is 0. The quantitative estimate of drug-likeness (QED) is 0.331. The molecule has 2 N–H and O–H groups in total. The predicted molar refractivity (Wildman–Crippen MR) is 38.0 cm³/mol. The first-order valence-corrected chi connectivity index (χ1v) is 2.70. The number of rotatable bonds is 3. The first-order valence-electron chi connectivity index (χ1n) is 2.70. The third kappa shape index (κ3) is 2.90. The van der Waals surface area contributed by atoms with E-state index in [2.05, 4.69) is 17.2 Å². The van der Waals surface area contributed by atoms with E-state index in [0.717, 1.165) is 0 Å². The molecular formula is C7H9NO2. The standard InChI is InChI=1S/C7H9NO2/c1-3-5-10-7(9)6(8)4-2/h1,4,6H,2,5,8H2. The number of esters is 1. The van der Waals surface area contributed by atoms with Crippen molar-refractivity contribution < 1.29 is 9.53 Å². The molecule has 54 valence electrons. The van der Waals surface area contributed by atoms with Crippen molar-refractivity contribution in [2.45, 2.75) is 6.04 Å². The van der Waals surface area contributed by atoms with Gasteiger partial charge in [-0.3, -0.25) is 0 Å². The molecule has 1 unspecified atom stereocenters. The molecule has 3 nitrogen and oxygen atoms in total. The van der Waals surface area contributed by atoms with Crippen molar-refractivity contribution >= 4 is 5.97 Å². The lowest BCUT2D eigenvalue weighted by Crippen LogP contribution is -2.29. The molecule has 0 aliphatic heterocycles. The Bertz CT molecular complexity index is 169. The van der Waals surface area contributed by atoms with Crippen LogP contribution in [-0.2, 0) is 9.53 Å². The highest BCUT2D eigenvalue weighted by atomic mass is 16.5. The van der Waals surface area contributed by atoms with Crippen molar-refractivity contribution in [1.82, 2.24) is 0 Å². The van der Waals surface area contributed by atoms with Crippen molar-refractivity contribution in [3.05, 3.63) is 12.7 Å². The topological polar surface area (TPSA) is 52.3 Å². The Morgan fingerprint density at radius 3 is 3.00 bits per heavy atom. The summed E-state index contributed by atoms with van der Waals surface area (Å²) < 4.78 is 4.47. The Labute approximate surface area is 59.9 Å². The predicted octanol–water partition coefficient (Wildman–Crippen LogP) is -0.324. The Morgan fingerprint density at radius 2 is 2.60 bits per heavy atom. The van der Waals surface area contributed by atoms with E-state index >= 15 is 0 Å². The Balaban J connectivity index is 3.64. The highest BCUT2D eigenvalue weighted by Gasteiger charge is 2.08. The Morgan fingerprint density at radius 1 is 2.00 bits per heavy atom. The van der Waals surface area contributed by atoms with Crippen LogP contribution in [0.3, 0.4) is 0 Å². The first kappa shape index (κ1) is 8.73. The molecule has 3 heteroatoms. The molecule has 0 aliphatic carbocycles. The lowest BCUT2D eigenvalue weighted by atomic mass is 10.3. The van der Waals surface area contributed by atoms with Gasteiger partial charge >= 0.3 is 5.97 Å². The molecule has 10 heavy (non-hydrogen) atoms. The van der Waals surface area contributed by atoms with Crippen molar-refractivity contribution in [2.24, 2.45) is 5.73 Å². The van der Waals surface area contributed by atoms with E-state index in [-0.39, 0.29) is 6.61 Å². The minimum atomic E-state index is -0.770. The lowest BCUT2D eigenvalue weighted by molar-refractivity contribution is -0.142. The van der Waals surface area contributed by atoms with Crippen molar-refractivity contribution in [1.29, 1.82) is 0 Å². The van der Waals surface area contributed by atoms with Gasteiger partial charge in [0.1, 0.15) is 6.04 Å². The molecule has 0 spiro atoms. The minimum Gasteiger partial charge on any atom is -0.451 e. The van der Waals surface area contributed by atoms with Gasteiger partial charge < -0.3 is 10.5 Å². The van der Waals surface area contributed by atoms with Crippen LogP contribution < -0.4 is 5.73 Å². The molecule has 1 atom stereocenters. The van der Waals surface area contributed by atoms with Gasteiger partial charge in [-0.15, -0.1) is 13.0 Å². The van der Waals surface area contributed by atoms with Crippen LogP contribution in [0.5, 0.6) is 0 Å². The molecule has 0 heterocycles. The fraction of sp³-hybridized carbons (Fsp3) is 0.286. The zero-order valence-electron chi connectivity index (χ0n) is 5.54. The van der Waals surface area contributed by atoms with Gasteiger partial charge in [-0.25, -0.2) is 4.79 Å². The summed E-state index contributed by atoms with van der Waals surface area (Å²) in [6.07, 6.45) is 6.12. The summed E-state index contributed by atoms with van der Waals surface area (Å²) in [6, 6.07) is -0.770. The van der Waals surface area contributed by atoms with Crippen LogP contribution in [0, 0.1) is 12.3 Å². The molecule has 0 aliphatic rings. The number of terminal acetylenes is 1. The van der Waals surface area contributed by atoms with Gasteiger partial charge in [0.2, 0.25) is 0 Å². The minimum absolute atomic E-state index is 0.0413. The molecule has 0 bridgehead atoms. The van der Waals surface area contributed by atoms with E-state index in [1.165, 1.54) is 6.08 Å². The smallest absolute Gasteiger partial charge is 0.327 e. The zero-order valence-corrected chi connectivity index (χ0v) is 5.54. The van der Waals surface area contributed by atoms with Crippen molar-refractivity contribution in [3.8, 4) is 12.3 Å². The summed E-state index contributed by atoms with van der Waals surface area (Å²) in [5.41, 5.74) is 5.20. The summed E-state index contributed by atoms with van der Waals surface area (Å²) in [5, 5.41) is 0. The molecule has 0 aromatic rings. The Hall–Kier alpha value is -1.27. The molecule has 0 saturated heterocycles. The van der Waals surface area contributed by atoms with E-state index in [1.807, 2.05) is 0 Å². The van der Waals surface area contributed by atoms with Crippen LogP contribution >= 0.6 is 0 Å². The van der Waals surface area contributed by atoms with Gasteiger partial charge in [0.25, 0.3) is 0 Å². The average molecular weight is 139 g/mol. The molecule has 0 saturated carbocycles. The van der Waals surface area contributed by atoms with E-state index in [0.29, 0.717) is 0 Å². The molecule has 0 rings (SSSR count). The maximum atomic E-state index is 10.6. The highest BCUT2D eigenvalue weighted by Crippen LogP contribution is 1.84. The van der Waals surface area contributed by atoms with Crippen LogP contribution in [-0.4, -0.2) is 18.6 Å². The fourth-order valence-electron chi connectivity index (χ4n) is 0.305. The summed E-state index contributed by atoms with van der Waals surface area (Å²) >= 11 is 0. The maximum absolute atomic E-state index is 10.6. The normalized spacial score (nSPS) is 11.2. The van der Waals surface area contributed by atoms with E-state index < -0.39 is 12.0 Å². The second kappa shape index (κ2) is 4.59. The number of carbonyl (C=O) groups is 1. The third-order valence-corrected chi connectivity index (χ3v) is 0.824. The summed E-state index contributed by atoms with van der Waals surface area (Å²) in [4.78, 5) is 10.6. The number of hydrogen-bond donors (Lipinski definition) is 1. The van der Waals surface area contributed by atoms with Gasteiger partial charge in [0.15, 0.2) is 6.61 Å². The Kier molecular flexibility index (Phi) is 4.01. The molecule has 0 aromatic heterocycles. The lowest BCUT2D eigenvalue weighted by Gasteiger charge is -2.02. The second-order valence-electron chi connectivity index (χ2n) is 1.57. The summed E-state index contributed by atoms with van der Waals surface area (Å²) in [6.45, 7) is 3.27. The van der Waals surface area contributed by atoms with Crippen LogP contribution in [0.25, 0.3) is 0 Å². The maximum Gasteiger partial charge on any atom is 0.327 e. The van der Waals surface area contributed by atoms with Gasteiger partial charge in [-0.1, -0.05) is 12.0 Å². The van der Waals surface area contributed by atoms with E-state index in [9.17, 15) is 4.79 Å². The molecular weight excluding hydrogens is 130 g/mol. The van der Waals surface area contributed by atoms with Crippen molar-refractivity contribution in [3.63, 3.8) is 0 Å². The number of nitrogens with two attached hydrogens (primary N) is 1. The van der Waals surface area contributed by atoms with Gasteiger partial charge in [0.05, 0.1) is 0 Å². The fourth-order valence-corrected chi connectivity index (χ4v) is 0.305. The van der Waals surface area contributed by atoms with Gasteiger partial charge in [0, 0.05) is 0 Å². The largest absolute Gasteiger partial charge is 0.451 e. The van der Waals surface area contributed by atoms with Crippen LogP contribution in [0.15, 0.2) is 12.7 Å². The first-order chi connectivity index (χ1) is 4.72. The number of carbonyl (C=O) groups excluding carboxylic acids is 1. The molecule has 0 radical (unpaired) electrons. The van der Waals surface area contributed by atoms with Crippen LogP contribution in [0.4, 0.5) is 0 Å². The number of ether oxygens (including phenoxy) is 1. The van der Waals surface area contributed by atoms with Crippen LogP contribution in [0.1, 0.15) is 0 Å². The summed E-state index contributed by atoms with van der Waals surface area (Å²) in [5.74, 6) is 1.60. The van der Waals surface area contributed by atoms with E-state index in [4.69, 9.17) is 12.2 Å². The molecule has 0 fully saturated rings. The average Bonchev–Trinajstić information content (AvgIpc) is 1.98. The van der Waals surface area contributed by atoms with Crippen LogP contribution in [0.2, 0.25) is 0 Å². The second-order valence-corrected chi connectivity index (χ2v) is 1.57. The van der Waals surface area contributed by atoms with E-state index in [1.54, 1.807) is 0 Å². The van der Waals surface area contributed by atoms with Gasteiger partial charge in [-0.05, 0) is 0 Å². The van der Waals surface area contributed by atoms with Gasteiger partial charge in [-0.2, -0.15) is 0 Å². The highest BCUT2D eigenvalue weighted by molar-refractivity contribution is 5.77.